The van der Waals surface area contributed by atoms with E-state index in [1.54, 1.807) is 13.4 Å². The van der Waals surface area contributed by atoms with Crippen molar-refractivity contribution in [1.82, 2.24) is 5.32 Å². The van der Waals surface area contributed by atoms with Gasteiger partial charge in [0.15, 0.2) is 0 Å². The summed E-state index contributed by atoms with van der Waals surface area (Å²) in [7, 11) is 1.68. The second-order valence-corrected chi connectivity index (χ2v) is 5.47. The van der Waals surface area contributed by atoms with E-state index in [9.17, 15) is 0 Å². The minimum atomic E-state index is 0.536. The van der Waals surface area contributed by atoms with Crippen LogP contribution in [-0.4, -0.2) is 20.3 Å². The maximum Gasteiger partial charge on any atom is 0.129 e. The van der Waals surface area contributed by atoms with E-state index in [2.05, 4.69) is 21.2 Å². The minimum absolute atomic E-state index is 0.536. The summed E-state index contributed by atoms with van der Waals surface area (Å²) in [5.41, 5.74) is 1.19. The van der Waals surface area contributed by atoms with Crippen LogP contribution in [0.3, 0.4) is 0 Å². The molecule has 0 saturated carbocycles. The molecule has 21 heavy (non-hydrogen) atoms. The maximum absolute atomic E-state index is 5.53. The fourth-order valence-corrected chi connectivity index (χ4v) is 2.29. The molecule has 1 heterocycles. The van der Waals surface area contributed by atoms with E-state index in [-0.39, 0.29) is 0 Å². The zero-order valence-corrected chi connectivity index (χ0v) is 13.7. The number of ether oxygens (including phenoxy) is 2. The van der Waals surface area contributed by atoms with Crippen LogP contribution < -0.4 is 10.1 Å². The Kier molecular flexibility index (Phi) is 6.79. The smallest absolute Gasteiger partial charge is 0.129 e. The quantitative estimate of drug-likeness (QED) is 0.697. The molecular formula is C16H20BrNO3. The largest absolute Gasteiger partial charge is 0.497 e. The van der Waals surface area contributed by atoms with Gasteiger partial charge in [-0.15, -0.1) is 0 Å². The highest BCUT2D eigenvalue weighted by molar-refractivity contribution is 9.10. The van der Waals surface area contributed by atoms with Crippen molar-refractivity contribution < 1.29 is 13.9 Å². The fourth-order valence-electron chi connectivity index (χ4n) is 1.90. The van der Waals surface area contributed by atoms with Gasteiger partial charge in [0, 0.05) is 17.6 Å². The summed E-state index contributed by atoms with van der Waals surface area (Å²) < 4.78 is 17.0. The normalized spacial score (nSPS) is 10.8. The molecule has 1 aromatic heterocycles. The summed E-state index contributed by atoms with van der Waals surface area (Å²) in [5, 5.41) is 3.40. The molecular weight excluding hydrogens is 334 g/mol. The molecule has 0 unspecified atom stereocenters. The topological polar surface area (TPSA) is 43.6 Å². The molecule has 0 aliphatic heterocycles. The average Bonchev–Trinajstić information content (AvgIpc) is 3.01. The number of nitrogens with one attached hydrogen (secondary N) is 1. The SMILES string of the molecule is COc1ccc(Br)c(CNCCCOCc2ccco2)c1. The van der Waals surface area contributed by atoms with Crippen LogP contribution in [0.2, 0.25) is 0 Å². The van der Waals surface area contributed by atoms with E-state index >= 15 is 0 Å². The van der Waals surface area contributed by atoms with Crippen molar-refractivity contribution in [2.45, 2.75) is 19.6 Å². The highest BCUT2D eigenvalue weighted by Crippen LogP contribution is 2.22. The van der Waals surface area contributed by atoms with Crippen LogP contribution in [-0.2, 0) is 17.9 Å². The summed E-state index contributed by atoms with van der Waals surface area (Å²) in [6.45, 7) is 2.96. The summed E-state index contributed by atoms with van der Waals surface area (Å²) in [5.74, 6) is 1.74. The first-order valence-electron chi connectivity index (χ1n) is 6.93. The van der Waals surface area contributed by atoms with Gasteiger partial charge in [0.05, 0.1) is 13.4 Å². The van der Waals surface area contributed by atoms with Gasteiger partial charge in [-0.3, -0.25) is 0 Å². The lowest BCUT2D eigenvalue weighted by Gasteiger charge is -2.09. The van der Waals surface area contributed by atoms with Crippen molar-refractivity contribution in [3.63, 3.8) is 0 Å². The Morgan fingerprint density at radius 2 is 2.19 bits per heavy atom. The second kappa shape index (κ2) is 8.87. The molecule has 0 atom stereocenters. The van der Waals surface area contributed by atoms with E-state index in [4.69, 9.17) is 13.9 Å². The minimum Gasteiger partial charge on any atom is -0.497 e. The van der Waals surface area contributed by atoms with E-state index in [0.717, 1.165) is 35.5 Å². The highest BCUT2D eigenvalue weighted by atomic mass is 79.9. The Morgan fingerprint density at radius 3 is 2.95 bits per heavy atom. The molecule has 0 spiro atoms. The van der Waals surface area contributed by atoms with Gasteiger partial charge >= 0.3 is 0 Å². The average molecular weight is 354 g/mol. The third-order valence-electron chi connectivity index (χ3n) is 3.03. The molecule has 0 bridgehead atoms. The predicted octanol–water partition coefficient (Wildman–Crippen LogP) is 3.75. The van der Waals surface area contributed by atoms with Gasteiger partial charge in [0.1, 0.15) is 18.1 Å². The monoisotopic (exact) mass is 353 g/mol. The third-order valence-corrected chi connectivity index (χ3v) is 3.81. The van der Waals surface area contributed by atoms with Crippen LogP contribution in [0.25, 0.3) is 0 Å². The van der Waals surface area contributed by atoms with Crippen LogP contribution >= 0.6 is 15.9 Å². The first-order chi connectivity index (χ1) is 10.3. The molecule has 0 amide bonds. The number of furan rings is 1. The highest BCUT2D eigenvalue weighted by Gasteiger charge is 2.02. The van der Waals surface area contributed by atoms with Crippen molar-refractivity contribution in [3.8, 4) is 5.75 Å². The Morgan fingerprint density at radius 1 is 1.29 bits per heavy atom. The van der Waals surface area contributed by atoms with Crippen LogP contribution in [0, 0.1) is 0 Å². The lowest BCUT2D eigenvalue weighted by atomic mass is 10.2. The van der Waals surface area contributed by atoms with Gasteiger partial charge in [0.2, 0.25) is 0 Å². The van der Waals surface area contributed by atoms with Crippen molar-refractivity contribution >= 4 is 15.9 Å². The van der Waals surface area contributed by atoms with Gasteiger partial charge in [-0.1, -0.05) is 15.9 Å². The zero-order valence-electron chi connectivity index (χ0n) is 12.1. The summed E-state index contributed by atoms with van der Waals surface area (Å²) in [6.07, 6.45) is 2.62. The first kappa shape index (κ1) is 16.1. The number of hydrogen-bond acceptors (Lipinski definition) is 4. The number of hydrogen-bond donors (Lipinski definition) is 1. The van der Waals surface area contributed by atoms with Crippen LogP contribution in [0.1, 0.15) is 17.7 Å². The van der Waals surface area contributed by atoms with E-state index in [0.29, 0.717) is 13.2 Å². The Bertz CT molecular complexity index is 528. The molecule has 4 nitrogen and oxygen atoms in total. The van der Waals surface area contributed by atoms with Gasteiger partial charge in [-0.25, -0.2) is 0 Å². The number of benzene rings is 1. The molecule has 114 valence electrons. The van der Waals surface area contributed by atoms with Crippen molar-refractivity contribution in [1.29, 1.82) is 0 Å². The molecule has 0 aliphatic carbocycles. The predicted molar refractivity (Wildman–Crippen MR) is 85.4 cm³/mol. The Balaban J connectivity index is 1.59. The Labute approximate surface area is 133 Å². The maximum atomic E-state index is 5.53. The lowest BCUT2D eigenvalue weighted by molar-refractivity contribution is 0.104. The lowest BCUT2D eigenvalue weighted by Crippen LogP contribution is -2.16. The molecule has 1 N–H and O–H groups in total. The van der Waals surface area contributed by atoms with Crippen LogP contribution in [0.4, 0.5) is 0 Å². The summed E-state index contributed by atoms with van der Waals surface area (Å²) >= 11 is 3.55. The van der Waals surface area contributed by atoms with E-state index < -0.39 is 0 Å². The molecule has 5 heteroatoms. The molecule has 1 aromatic carbocycles. The van der Waals surface area contributed by atoms with E-state index in [1.807, 2.05) is 30.3 Å². The van der Waals surface area contributed by atoms with Gasteiger partial charge < -0.3 is 19.2 Å². The summed E-state index contributed by atoms with van der Waals surface area (Å²) in [6, 6.07) is 9.76. The standard InChI is InChI=1S/C16H20BrNO3/c1-19-14-5-6-16(17)13(10-14)11-18-7-3-8-20-12-15-4-2-9-21-15/h2,4-6,9-10,18H,3,7-8,11-12H2,1H3. The molecule has 2 rings (SSSR count). The molecule has 2 aromatic rings. The fraction of sp³-hybridized carbons (Fsp3) is 0.375. The summed E-state index contributed by atoms with van der Waals surface area (Å²) in [4.78, 5) is 0. The van der Waals surface area contributed by atoms with Crippen molar-refractivity contribution in [2.75, 3.05) is 20.3 Å². The van der Waals surface area contributed by atoms with Gasteiger partial charge in [0.25, 0.3) is 0 Å². The third kappa shape index (κ3) is 5.53. The molecule has 0 saturated heterocycles. The number of halogens is 1. The van der Waals surface area contributed by atoms with Crippen LogP contribution in [0.5, 0.6) is 5.75 Å². The number of rotatable bonds is 9. The first-order valence-corrected chi connectivity index (χ1v) is 7.72. The van der Waals surface area contributed by atoms with Gasteiger partial charge in [-0.2, -0.15) is 0 Å². The molecule has 0 aliphatic rings. The van der Waals surface area contributed by atoms with E-state index in [1.165, 1.54) is 5.56 Å². The molecule has 0 fully saturated rings. The number of methoxy groups -OCH3 is 1. The molecule has 0 radical (unpaired) electrons. The Hall–Kier alpha value is -1.30. The van der Waals surface area contributed by atoms with Crippen molar-refractivity contribution in [2.24, 2.45) is 0 Å². The van der Waals surface area contributed by atoms with Crippen molar-refractivity contribution in [3.05, 3.63) is 52.4 Å². The second-order valence-electron chi connectivity index (χ2n) is 4.62. The van der Waals surface area contributed by atoms with Gasteiger partial charge in [-0.05, 0) is 48.9 Å². The van der Waals surface area contributed by atoms with Crippen LogP contribution in [0.15, 0.2) is 45.5 Å². The zero-order chi connectivity index (χ0) is 14.9.